The fraction of sp³-hybridized carbons (Fsp3) is 0.923. The van der Waals surface area contributed by atoms with Gasteiger partial charge >= 0.3 is 0 Å². The molecule has 0 amide bonds. The molecule has 0 aromatic heterocycles. The number of hydrogen-bond acceptors (Lipinski definition) is 3. The van der Waals surface area contributed by atoms with Gasteiger partial charge in [0.1, 0.15) is 0 Å². The summed E-state index contributed by atoms with van der Waals surface area (Å²) in [5.74, 6) is 0.871. The lowest BCUT2D eigenvalue weighted by Gasteiger charge is -2.36. The second kappa shape index (κ2) is 6.36. The second-order valence-electron chi connectivity index (χ2n) is 5.12. The predicted octanol–water partition coefficient (Wildman–Crippen LogP) is 1.49. The Balaban J connectivity index is 1.66. The van der Waals surface area contributed by atoms with Crippen LogP contribution in [0, 0.1) is 5.92 Å². The Morgan fingerprint density at radius 3 is 2.56 bits per heavy atom. The van der Waals surface area contributed by atoms with Gasteiger partial charge in [0.05, 0.1) is 0 Å². The molecular weight excluding hydrogens is 198 g/mol. The summed E-state index contributed by atoms with van der Waals surface area (Å²) in [7, 11) is 0. The molecule has 1 fully saturated rings. The van der Waals surface area contributed by atoms with Crippen LogP contribution in [0.25, 0.3) is 0 Å². The van der Waals surface area contributed by atoms with E-state index in [4.69, 9.17) is 0 Å². The van der Waals surface area contributed by atoms with Crippen LogP contribution in [0.4, 0.5) is 0 Å². The molecule has 2 aliphatic heterocycles. The summed E-state index contributed by atoms with van der Waals surface area (Å²) in [5.41, 5.74) is 0. The van der Waals surface area contributed by atoms with E-state index in [0.717, 1.165) is 12.5 Å². The molecule has 16 heavy (non-hydrogen) atoms. The summed E-state index contributed by atoms with van der Waals surface area (Å²) >= 11 is 0. The van der Waals surface area contributed by atoms with Gasteiger partial charge in [0.25, 0.3) is 0 Å². The number of hydrogen-bond donors (Lipinski definition) is 0. The smallest absolute Gasteiger partial charge is 0.0388 e. The van der Waals surface area contributed by atoms with Crippen molar-refractivity contribution in [2.75, 3.05) is 45.8 Å². The Morgan fingerprint density at radius 1 is 1.19 bits per heavy atom. The zero-order valence-corrected chi connectivity index (χ0v) is 10.6. The van der Waals surface area contributed by atoms with E-state index >= 15 is 0 Å². The summed E-state index contributed by atoms with van der Waals surface area (Å²) in [5, 5.41) is 0. The number of rotatable bonds is 4. The molecule has 0 N–H and O–H groups in total. The third-order valence-electron chi connectivity index (χ3n) is 3.76. The molecule has 3 heteroatoms. The first-order chi connectivity index (χ1) is 7.88. The molecule has 0 spiro atoms. The van der Waals surface area contributed by atoms with Gasteiger partial charge in [0, 0.05) is 39.3 Å². The summed E-state index contributed by atoms with van der Waals surface area (Å²) in [6, 6.07) is 0. The molecule has 0 bridgehead atoms. The highest BCUT2D eigenvalue weighted by molar-refractivity contribution is 5.58. The van der Waals surface area contributed by atoms with Crippen molar-refractivity contribution in [2.45, 2.75) is 26.2 Å². The Labute approximate surface area is 99.5 Å². The van der Waals surface area contributed by atoms with Gasteiger partial charge in [-0.1, -0.05) is 6.92 Å². The molecule has 92 valence electrons. The first kappa shape index (κ1) is 12.1. The second-order valence-corrected chi connectivity index (χ2v) is 5.12. The minimum atomic E-state index is 0.871. The Bertz CT molecular complexity index is 219. The molecule has 0 aliphatic carbocycles. The van der Waals surface area contributed by atoms with Crippen molar-refractivity contribution < 1.29 is 0 Å². The molecule has 1 saturated heterocycles. The molecule has 2 rings (SSSR count). The van der Waals surface area contributed by atoms with Gasteiger partial charge in [-0.25, -0.2) is 0 Å². The van der Waals surface area contributed by atoms with Crippen LogP contribution in [0.5, 0.6) is 0 Å². The lowest BCUT2D eigenvalue weighted by Crippen LogP contribution is -2.48. The molecule has 0 aromatic rings. The SMILES string of the molecule is CCCN1CCN(CC2CC=NCC2)CC1. The predicted molar refractivity (Wildman–Crippen MR) is 69.3 cm³/mol. The minimum absolute atomic E-state index is 0.871. The van der Waals surface area contributed by atoms with Crippen molar-refractivity contribution in [3.05, 3.63) is 0 Å². The maximum Gasteiger partial charge on any atom is 0.0388 e. The fourth-order valence-corrected chi connectivity index (χ4v) is 2.73. The quantitative estimate of drug-likeness (QED) is 0.719. The zero-order chi connectivity index (χ0) is 11.2. The van der Waals surface area contributed by atoms with Crippen LogP contribution >= 0.6 is 0 Å². The van der Waals surface area contributed by atoms with E-state index in [0.29, 0.717) is 0 Å². The molecule has 0 saturated carbocycles. The van der Waals surface area contributed by atoms with Gasteiger partial charge in [0.15, 0.2) is 0 Å². The van der Waals surface area contributed by atoms with Crippen LogP contribution in [0.2, 0.25) is 0 Å². The number of piperazine rings is 1. The van der Waals surface area contributed by atoms with Gasteiger partial charge in [0.2, 0.25) is 0 Å². The van der Waals surface area contributed by atoms with E-state index in [1.54, 1.807) is 0 Å². The highest BCUT2D eigenvalue weighted by Gasteiger charge is 2.19. The molecule has 3 nitrogen and oxygen atoms in total. The van der Waals surface area contributed by atoms with Gasteiger partial charge in [-0.3, -0.25) is 4.99 Å². The van der Waals surface area contributed by atoms with Crippen molar-refractivity contribution in [1.29, 1.82) is 0 Å². The Hall–Kier alpha value is -0.410. The molecular formula is C13H25N3. The molecule has 0 aromatic carbocycles. The van der Waals surface area contributed by atoms with E-state index < -0.39 is 0 Å². The topological polar surface area (TPSA) is 18.8 Å². The van der Waals surface area contributed by atoms with E-state index in [1.807, 2.05) is 0 Å². The average Bonchev–Trinajstić information content (AvgIpc) is 2.33. The first-order valence-electron chi connectivity index (χ1n) is 6.81. The highest BCUT2D eigenvalue weighted by Crippen LogP contribution is 2.14. The van der Waals surface area contributed by atoms with Crippen LogP contribution in [0.3, 0.4) is 0 Å². The average molecular weight is 223 g/mol. The van der Waals surface area contributed by atoms with Gasteiger partial charge in [-0.15, -0.1) is 0 Å². The van der Waals surface area contributed by atoms with Gasteiger partial charge in [-0.2, -0.15) is 0 Å². The monoisotopic (exact) mass is 223 g/mol. The lowest BCUT2D eigenvalue weighted by molar-refractivity contribution is 0.117. The van der Waals surface area contributed by atoms with Gasteiger partial charge < -0.3 is 9.80 Å². The molecule has 1 unspecified atom stereocenters. The number of aliphatic imine (C=N–C) groups is 1. The van der Waals surface area contributed by atoms with Crippen LogP contribution in [0.1, 0.15) is 26.2 Å². The van der Waals surface area contributed by atoms with Crippen LogP contribution in [-0.2, 0) is 0 Å². The van der Waals surface area contributed by atoms with Crippen LogP contribution < -0.4 is 0 Å². The van der Waals surface area contributed by atoms with Gasteiger partial charge in [-0.05, 0) is 37.9 Å². The lowest BCUT2D eigenvalue weighted by atomic mass is 9.99. The summed E-state index contributed by atoms with van der Waals surface area (Å²) in [6.45, 7) is 11.0. The van der Waals surface area contributed by atoms with E-state index in [-0.39, 0.29) is 0 Å². The van der Waals surface area contributed by atoms with Crippen molar-refractivity contribution in [1.82, 2.24) is 9.80 Å². The zero-order valence-electron chi connectivity index (χ0n) is 10.6. The largest absolute Gasteiger partial charge is 0.301 e. The summed E-state index contributed by atoms with van der Waals surface area (Å²) in [6.07, 6.45) is 5.92. The molecule has 1 atom stereocenters. The van der Waals surface area contributed by atoms with Crippen molar-refractivity contribution in [3.63, 3.8) is 0 Å². The maximum absolute atomic E-state index is 4.31. The fourth-order valence-electron chi connectivity index (χ4n) is 2.73. The van der Waals surface area contributed by atoms with Crippen molar-refractivity contribution in [3.8, 4) is 0 Å². The molecule has 2 aliphatic rings. The third-order valence-corrected chi connectivity index (χ3v) is 3.76. The standard InChI is InChI=1S/C13H25N3/c1-2-7-15-8-10-16(11-9-15)12-13-3-5-14-6-4-13/h5,13H,2-4,6-12H2,1H3. The van der Waals surface area contributed by atoms with Crippen LogP contribution in [0.15, 0.2) is 4.99 Å². The summed E-state index contributed by atoms with van der Waals surface area (Å²) < 4.78 is 0. The minimum Gasteiger partial charge on any atom is -0.301 e. The highest BCUT2D eigenvalue weighted by atomic mass is 15.3. The Morgan fingerprint density at radius 2 is 1.94 bits per heavy atom. The normalized spacial score (nSPS) is 28.4. The first-order valence-corrected chi connectivity index (χ1v) is 6.81. The molecule has 2 heterocycles. The van der Waals surface area contributed by atoms with E-state index in [2.05, 4.69) is 27.9 Å². The molecule has 0 radical (unpaired) electrons. The van der Waals surface area contributed by atoms with E-state index in [1.165, 1.54) is 58.5 Å². The van der Waals surface area contributed by atoms with Crippen molar-refractivity contribution in [2.24, 2.45) is 10.9 Å². The van der Waals surface area contributed by atoms with E-state index in [9.17, 15) is 0 Å². The van der Waals surface area contributed by atoms with Crippen LogP contribution in [-0.4, -0.2) is 61.8 Å². The Kier molecular flexibility index (Phi) is 4.79. The summed E-state index contributed by atoms with van der Waals surface area (Å²) in [4.78, 5) is 9.55. The maximum atomic E-state index is 4.31. The third kappa shape index (κ3) is 3.56. The number of nitrogens with zero attached hydrogens (tertiary/aromatic N) is 3. The van der Waals surface area contributed by atoms with Crippen molar-refractivity contribution >= 4 is 6.21 Å².